The summed E-state index contributed by atoms with van der Waals surface area (Å²) in [6, 6.07) is 9.42. The van der Waals surface area contributed by atoms with E-state index in [1.807, 2.05) is 0 Å². The maximum atomic E-state index is 15.1. The molecule has 1 atom stereocenters. The molecule has 174 valence electrons. The van der Waals surface area contributed by atoms with Crippen molar-refractivity contribution in [2.24, 2.45) is 0 Å². The number of fused-ring (bicyclic) bond motifs is 1. The maximum absolute atomic E-state index is 15.1. The molecule has 3 heterocycles. The molecular formula is C24H20FN3O5S. The summed E-state index contributed by atoms with van der Waals surface area (Å²) in [5.41, 5.74) is 2.68. The highest BCUT2D eigenvalue weighted by Crippen LogP contribution is 2.36. The zero-order valence-corrected chi connectivity index (χ0v) is 18.9. The van der Waals surface area contributed by atoms with Gasteiger partial charge in [-0.1, -0.05) is 12.1 Å². The minimum atomic E-state index is -3.27. The van der Waals surface area contributed by atoms with Gasteiger partial charge in [0.2, 0.25) is 11.8 Å². The van der Waals surface area contributed by atoms with E-state index in [9.17, 15) is 18.0 Å². The average molecular weight is 482 g/mol. The Hall–Kier alpha value is -3.79. The molecule has 2 amide bonds. The first kappa shape index (κ1) is 22.0. The molecule has 1 saturated heterocycles. The zero-order valence-electron chi connectivity index (χ0n) is 18.1. The fourth-order valence-electron chi connectivity index (χ4n) is 4.17. The van der Waals surface area contributed by atoms with Crippen molar-refractivity contribution in [1.82, 2.24) is 15.1 Å². The second-order valence-electron chi connectivity index (χ2n) is 8.37. The van der Waals surface area contributed by atoms with Gasteiger partial charge in [0.1, 0.15) is 11.4 Å². The fraction of sp³-hybridized carbons (Fsp3) is 0.208. The SMILES string of the molecule is CS(=O)(=O)c1ccc(Cn2cc(-c3cc4occ(C5CCC(=O)NC5=O)c4cc3F)cn2)cc1. The van der Waals surface area contributed by atoms with Gasteiger partial charge in [-0.05, 0) is 36.2 Å². The Morgan fingerprint density at radius 2 is 1.97 bits per heavy atom. The van der Waals surface area contributed by atoms with E-state index in [-0.39, 0.29) is 17.2 Å². The molecule has 2 aromatic carbocycles. The third-order valence-electron chi connectivity index (χ3n) is 5.95. The Labute approximate surface area is 194 Å². The first-order valence-corrected chi connectivity index (χ1v) is 12.4. The minimum absolute atomic E-state index is 0.222. The van der Waals surface area contributed by atoms with Crippen LogP contribution in [0.5, 0.6) is 0 Å². The van der Waals surface area contributed by atoms with Crippen LogP contribution in [0.2, 0.25) is 0 Å². The average Bonchev–Trinajstić information content (AvgIpc) is 3.40. The summed E-state index contributed by atoms with van der Waals surface area (Å²) in [6.45, 7) is 0.383. The lowest BCUT2D eigenvalue weighted by atomic mass is 9.90. The lowest BCUT2D eigenvalue weighted by molar-refractivity contribution is -0.134. The number of piperidine rings is 1. The zero-order chi connectivity index (χ0) is 24.0. The highest BCUT2D eigenvalue weighted by molar-refractivity contribution is 7.90. The van der Waals surface area contributed by atoms with E-state index in [2.05, 4.69) is 10.4 Å². The summed E-state index contributed by atoms with van der Waals surface area (Å²) >= 11 is 0. The molecule has 0 aliphatic carbocycles. The fourth-order valence-corrected chi connectivity index (χ4v) is 4.80. The number of carbonyl (C=O) groups excluding carboxylic acids is 2. The number of imide groups is 1. The standard InChI is InChI=1S/C24H20FN3O5S/c1-34(31,32)16-4-2-14(3-5-16)11-28-12-15(10-26-28)18-9-22-19(8-21(18)25)20(13-33-22)17-6-7-23(29)27-24(17)30/h2-5,8-10,12-13,17H,6-7,11H2,1H3,(H,27,29,30). The van der Waals surface area contributed by atoms with E-state index < -0.39 is 27.5 Å². The van der Waals surface area contributed by atoms with Gasteiger partial charge in [-0.25, -0.2) is 12.8 Å². The Balaban J connectivity index is 1.40. The predicted molar refractivity (Wildman–Crippen MR) is 121 cm³/mol. The molecule has 0 radical (unpaired) electrons. The van der Waals surface area contributed by atoms with Crippen LogP contribution in [0.25, 0.3) is 22.1 Å². The first-order chi connectivity index (χ1) is 16.2. The van der Waals surface area contributed by atoms with Gasteiger partial charge in [-0.2, -0.15) is 5.10 Å². The van der Waals surface area contributed by atoms with E-state index in [0.717, 1.165) is 11.8 Å². The Bertz CT molecular complexity index is 1540. The van der Waals surface area contributed by atoms with Crippen LogP contribution in [0.4, 0.5) is 4.39 Å². The van der Waals surface area contributed by atoms with Gasteiger partial charge >= 0.3 is 0 Å². The molecule has 8 nitrogen and oxygen atoms in total. The van der Waals surface area contributed by atoms with Crippen molar-refractivity contribution < 1.29 is 26.8 Å². The van der Waals surface area contributed by atoms with Crippen molar-refractivity contribution in [3.63, 3.8) is 0 Å². The lowest BCUT2D eigenvalue weighted by Gasteiger charge is -2.19. The van der Waals surface area contributed by atoms with Crippen LogP contribution in [0.3, 0.4) is 0 Å². The van der Waals surface area contributed by atoms with Gasteiger partial charge in [0.05, 0.1) is 29.8 Å². The second kappa shape index (κ2) is 8.21. The van der Waals surface area contributed by atoms with E-state index in [1.54, 1.807) is 47.4 Å². The van der Waals surface area contributed by atoms with Crippen molar-refractivity contribution in [3.8, 4) is 11.1 Å². The molecule has 0 spiro atoms. The van der Waals surface area contributed by atoms with Crippen LogP contribution in [0.1, 0.15) is 29.9 Å². The predicted octanol–water partition coefficient (Wildman–Crippen LogP) is 3.41. The number of rotatable bonds is 5. The summed E-state index contributed by atoms with van der Waals surface area (Å²) < 4.78 is 45.6. The van der Waals surface area contributed by atoms with Crippen LogP contribution < -0.4 is 5.32 Å². The molecule has 1 N–H and O–H groups in total. The number of carbonyl (C=O) groups is 2. The van der Waals surface area contributed by atoms with Gasteiger partial charge in [0.25, 0.3) is 0 Å². The molecule has 2 aromatic heterocycles. The molecule has 0 saturated carbocycles. The molecule has 1 aliphatic heterocycles. The third kappa shape index (κ3) is 4.12. The number of nitrogens with zero attached hydrogens (tertiary/aromatic N) is 2. The Morgan fingerprint density at radius 1 is 1.21 bits per heavy atom. The smallest absolute Gasteiger partial charge is 0.234 e. The first-order valence-electron chi connectivity index (χ1n) is 10.6. The molecule has 1 aliphatic rings. The van der Waals surface area contributed by atoms with E-state index in [1.165, 1.54) is 12.3 Å². The third-order valence-corrected chi connectivity index (χ3v) is 7.08. The maximum Gasteiger partial charge on any atom is 0.234 e. The van der Waals surface area contributed by atoms with Gasteiger partial charge in [0, 0.05) is 41.0 Å². The summed E-state index contributed by atoms with van der Waals surface area (Å²) in [5, 5.41) is 7.10. The van der Waals surface area contributed by atoms with Crippen LogP contribution in [-0.2, 0) is 26.0 Å². The number of nitrogens with one attached hydrogen (secondary N) is 1. The van der Waals surface area contributed by atoms with Crippen LogP contribution in [0.15, 0.2) is 64.4 Å². The number of furan rings is 1. The number of aromatic nitrogens is 2. The Kier molecular flexibility index (Phi) is 5.32. The monoisotopic (exact) mass is 481 g/mol. The van der Waals surface area contributed by atoms with Gasteiger partial charge < -0.3 is 4.42 Å². The van der Waals surface area contributed by atoms with Crippen molar-refractivity contribution in [2.75, 3.05) is 6.26 Å². The molecule has 0 bridgehead atoms. The van der Waals surface area contributed by atoms with Crippen LogP contribution >= 0.6 is 0 Å². The minimum Gasteiger partial charge on any atom is -0.464 e. The molecular weight excluding hydrogens is 461 g/mol. The number of hydrogen-bond acceptors (Lipinski definition) is 6. The summed E-state index contributed by atoms with van der Waals surface area (Å²) in [7, 11) is -3.27. The van der Waals surface area contributed by atoms with Gasteiger partial charge in [-0.15, -0.1) is 0 Å². The van der Waals surface area contributed by atoms with E-state index in [4.69, 9.17) is 4.42 Å². The quantitative estimate of drug-likeness (QED) is 0.438. The van der Waals surface area contributed by atoms with Crippen molar-refractivity contribution in [3.05, 3.63) is 72.0 Å². The van der Waals surface area contributed by atoms with Crippen molar-refractivity contribution >= 4 is 32.6 Å². The highest BCUT2D eigenvalue weighted by atomic mass is 32.2. The Morgan fingerprint density at radius 3 is 2.68 bits per heavy atom. The van der Waals surface area contributed by atoms with Gasteiger partial charge in [0.15, 0.2) is 9.84 Å². The summed E-state index contributed by atoms with van der Waals surface area (Å²) in [6.07, 6.45) is 6.40. The normalized spacial score (nSPS) is 16.7. The summed E-state index contributed by atoms with van der Waals surface area (Å²) in [4.78, 5) is 23.9. The summed E-state index contributed by atoms with van der Waals surface area (Å²) in [5.74, 6) is -1.78. The number of halogens is 1. The van der Waals surface area contributed by atoms with Crippen LogP contribution in [0, 0.1) is 5.82 Å². The van der Waals surface area contributed by atoms with E-state index in [0.29, 0.717) is 40.6 Å². The second-order valence-corrected chi connectivity index (χ2v) is 10.4. The topological polar surface area (TPSA) is 111 Å². The highest BCUT2D eigenvalue weighted by Gasteiger charge is 2.30. The van der Waals surface area contributed by atoms with Crippen LogP contribution in [-0.4, -0.2) is 36.3 Å². The number of amides is 2. The van der Waals surface area contributed by atoms with E-state index >= 15 is 4.39 Å². The van der Waals surface area contributed by atoms with Crippen molar-refractivity contribution in [1.29, 1.82) is 0 Å². The number of sulfone groups is 1. The molecule has 1 unspecified atom stereocenters. The molecule has 10 heteroatoms. The van der Waals surface area contributed by atoms with Gasteiger partial charge in [-0.3, -0.25) is 19.6 Å². The number of hydrogen-bond donors (Lipinski definition) is 1. The molecule has 4 aromatic rings. The molecule has 5 rings (SSSR count). The molecule has 34 heavy (non-hydrogen) atoms. The molecule has 1 fully saturated rings. The number of benzene rings is 2. The van der Waals surface area contributed by atoms with Crippen molar-refractivity contribution in [2.45, 2.75) is 30.2 Å². The lowest BCUT2D eigenvalue weighted by Crippen LogP contribution is -2.39. The largest absolute Gasteiger partial charge is 0.464 e.